The highest BCUT2D eigenvalue weighted by molar-refractivity contribution is 5.95. The van der Waals surface area contributed by atoms with Crippen molar-refractivity contribution in [1.82, 2.24) is 0 Å². The molecule has 1 aliphatic rings. The molecule has 1 unspecified atom stereocenters. The highest BCUT2D eigenvalue weighted by Gasteiger charge is 2.22. The van der Waals surface area contributed by atoms with E-state index in [1.54, 1.807) is 0 Å². The first-order valence-corrected chi connectivity index (χ1v) is 9.73. The van der Waals surface area contributed by atoms with Gasteiger partial charge in [-0.25, -0.2) is 4.39 Å². The summed E-state index contributed by atoms with van der Waals surface area (Å²) in [5, 5.41) is 5.40. The SMILES string of the molecule is Cl.NC(CC(=O)Nc1ccc(F)c(NC(=O)C2CCCCC2)c1)c1ccccc1. The van der Waals surface area contributed by atoms with E-state index in [4.69, 9.17) is 5.73 Å². The van der Waals surface area contributed by atoms with Gasteiger partial charge in [0.25, 0.3) is 0 Å². The van der Waals surface area contributed by atoms with Gasteiger partial charge in [0, 0.05) is 24.1 Å². The third kappa shape index (κ3) is 6.54. The van der Waals surface area contributed by atoms with Crippen LogP contribution in [0.15, 0.2) is 48.5 Å². The third-order valence-corrected chi connectivity index (χ3v) is 5.12. The quantitative estimate of drug-likeness (QED) is 0.629. The summed E-state index contributed by atoms with van der Waals surface area (Å²) < 4.78 is 14.1. The van der Waals surface area contributed by atoms with Crippen LogP contribution in [0, 0.1) is 11.7 Å². The first-order chi connectivity index (χ1) is 13.5. The zero-order chi connectivity index (χ0) is 19.9. The Morgan fingerprint density at radius 1 is 1.03 bits per heavy atom. The van der Waals surface area contributed by atoms with Crippen LogP contribution >= 0.6 is 12.4 Å². The predicted octanol–water partition coefficient (Wildman–Crippen LogP) is 4.79. The van der Waals surface area contributed by atoms with Gasteiger partial charge in [-0.05, 0) is 36.6 Å². The Balaban J connectivity index is 0.00000300. The lowest BCUT2D eigenvalue weighted by molar-refractivity contribution is -0.120. The van der Waals surface area contributed by atoms with E-state index < -0.39 is 11.9 Å². The number of nitrogens with two attached hydrogens (primary N) is 1. The molecule has 2 aromatic rings. The lowest BCUT2D eigenvalue weighted by atomic mass is 9.88. The number of carbonyl (C=O) groups excluding carboxylic acids is 2. The maximum absolute atomic E-state index is 14.1. The van der Waals surface area contributed by atoms with Crippen LogP contribution in [-0.4, -0.2) is 11.8 Å². The summed E-state index contributed by atoms with van der Waals surface area (Å²) in [5.74, 6) is -1.03. The molecule has 0 aliphatic heterocycles. The molecule has 2 aromatic carbocycles. The molecule has 156 valence electrons. The second-order valence-electron chi connectivity index (χ2n) is 7.29. The Hall–Kier alpha value is -2.44. The molecule has 7 heteroatoms. The van der Waals surface area contributed by atoms with Crippen molar-refractivity contribution >= 4 is 35.6 Å². The predicted molar refractivity (Wildman–Crippen MR) is 115 cm³/mol. The van der Waals surface area contributed by atoms with Crippen molar-refractivity contribution in [1.29, 1.82) is 0 Å². The molecule has 0 radical (unpaired) electrons. The number of hydrogen-bond acceptors (Lipinski definition) is 3. The van der Waals surface area contributed by atoms with E-state index in [0.717, 1.165) is 37.7 Å². The molecule has 29 heavy (non-hydrogen) atoms. The Morgan fingerprint density at radius 3 is 2.41 bits per heavy atom. The van der Waals surface area contributed by atoms with Gasteiger partial charge in [-0.2, -0.15) is 0 Å². The number of carbonyl (C=O) groups is 2. The van der Waals surface area contributed by atoms with Crippen LogP contribution < -0.4 is 16.4 Å². The first-order valence-electron chi connectivity index (χ1n) is 9.73. The van der Waals surface area contributed by atoms with E-state index in [2.05, 4.69) is 10.6 Å². The molecule has 0 bridgehead atoms. The highest BCUT2D eigenvalue weighted by Crippen LogP contribution is 2.27. The maximum atomic E-state index is 14.1. The van der Waals surface area contributed by atoms with E-state index >= 15 is 0 Å². The van der Waals surface area contributed by atoms with Crippen LogP contribution in [-0.2, 0) is 9.59 Å². The fourth-order valence-electron chi connectivity index (χ4n) is 3.53. The number of benzene rings is 2. The summed E-state index contributed by atoms with van der Waals surface area (Å²) in [6, 6.07) is 13.1. The molecule has 0 aromatic heterocycles. The standard InChI is InChI=1S/C22H26FN3O2.ClH/c23-18-12-11-17(13-20(18)26-22(28)16-9-5-2-6-10-16)25-21(27)14-19(24)15-7-3-1-4-8-15;/h1,3-4,7-8,11-13,16,19H,2,5-6,9-10,14,24H2,(H,25,27)(H,26,28);1H. The normalized spacial score (nSPS) is 15.1. The molecule has 1 saturated carbocycles. The Bertz CT molecular complexity index is 826. The molecule has 0 heterocycles. The molecule has 0 spiro atoms. The molecule has 2 amide bonds. The smallest absolute Gasteiger partial charge is 0.227 e. The average Bonchev–Trinajstić information content (AvgIpc) is 2.71. The van der Waals surface area contributed by atoms with Crippen molar-refractivity contribution in [3.63, 3.8) is 0 Å². The van der Waals surface area contributed by atoms with Gasteiger partial charge < -0.3 is 16.4 Å². The lowest BCUT2D eigenvalue weighted by Gasteiger charge is -2.21. The number of amides is 2. The van der Waals surface area contributed by atoms with Crippen LogP contribution in [0.4, 0.5) is 15.8 Å². The van der Waals surface area contributed by atoms with Gasteiger partial charge in [-0.3, -0.25) is 9.59 Å². The van der Waals surface area contributed by atoms with Gasteiger partial charge >= 0.3 is 0 Å². The zero-order valence-electron chi connectivity index (χ0n) is 16.2. The fraction of sp³-hybridized carbons (Fsp3) is 0.364. The monoisotopic (exact) mass is 419 g/mol. The number of hydrogen-bond donors (Lipinski definition) is 3. The van der Waals surface area contributed by atoms with Gasteiger partial charge in [0.2, 0.25) is 11.8 Å². The molecule has 1 atom stereocenters. The molecular formula is C22H27ClFN3O2. The summed E-state index contributed by atoms with van der Waals surface area (Å²) in [7, 11) is 0. The molecule has 4 N–H and O–H groups in total. The van der Waals surface area contributed by atoms with E-state index in [1.165, 1.54) is 18.2 Å². The van der Waals surface area contributed by atoms with Crippen LogP contribution in [0.25, 0.3) is 0 Å². The van der Waals surface area contributed by atoms with Gasteiger partial charge in [0.05, 0.1) is 5.69 Å². The summed E-state index contributed by atoms with van der Waals surface area (Å²) in [5.41, 5.74) is 7.45. The Morgan fingerprint density at radius 2 is 1.72 bits per heavy atom. The van der Waals surface area contributed by atoms with Crippen LogP contribution in [0.3, 0.4) is 0 Å². The third-order valence-electron chi connectivity index (χ3n) is 5.12. The minimum Gasteiger partial charge on any atom is -0.326 e. The first kappa shape index (κ1) is 22.8. The second kappa shape index (κ2) is 10.9. The van der Waals surface area contributed by atoms with E-state index in [1.807, 2.05) is 30.3 Å². The molecule has 1 fully saturated rings. The molecule has 5 nitrogen and oxygen atoms in total. The minimum atomic E-state index is -0.525. The Kier molecular flexibility index (Phi) is 8.61. The summed E-state index contributed by atoms with van der Waals surface area (Å²) in [6.45, 7) is 0. The summed E-state index contributed by atoms with van der Waals surface area (Å²) in [4.78, 5) is 24.7. The van der Waals surface area contributed by atoms with Gasteiger partial charge in [0.15, 0.2) is 0 Å². The number of anilines is 2. The molecule has 3 rings (SSSR count). The van der Waals surface area contributed by atoms with Crippen molar-refractivity contribution in [2.45, 2.75) is 44.6 Å². The largest absolute Gasteiger partial charge is 0.326 e. The van der Waals surface area contributed by atoms with E-state index in [0.29, 0.717) is 5.69 Å². The maximum Gasteiger partial charge on any atom is 0.227 e. The zero-order valence-corrected chi connectivity index (χ0v) is 17.0. The van der Waals surface area contributed by atoms with Crippen molar-refractivity contribution in [2.75, 3.05) is 10.6 Å². The second-order valence-corrected chi connectivity index (χ2v) is 7.29. The average molecular weight is 420 g/mol. The lowest BCUT2D eigenvalue weighted by Crippen LogP contribution is -2.25. The van der Waals surface area contributed by atoms with E-state index in [-0.39, 0.29) is 42.2 Å². The van der Waals surface area contributed by atoms with Crippen LogP contribution in [0.5, 0.6) is 0 Å². The number of halogens is 2. The minimum absolute atomic E-state index is 0. The topological polar surface area (TPSA) is 84.2 Å². The highest BCUT2D eigenvalue weighted by atomic mass is 35.5. The van der Waals surface area contributed by atoms with Gasteiger partial charge in [-0.15, -0.1) is 12.4 Å². The van der Waals surface area contributed by atoms with Crippen LogP contribution in [0.2, 0.25) is 0 Å². The molecule has 0 saturated heterocycles. The van der Waals surface area contributed by atoms with Crippen molar-refractivity contribution in [3.05, 3.63) is 59.9 Å². The van der Waals surface area contributed by atoms with Crippen LogP contribution in [0.1, 0.15) is 50.1 Å². The molecule has 1 aliphatic carbocycles. The Labute approximate surface area is 176 Å². The van der Waals surface area contributed by atoms with E-state index in [9.17, 15) is 14.0 Å². The van der Waals surface area contributed by atoms with Gasteiger partial charge in [-0.1, -0.05) is 49.6 Å². The van der Waals surface area contributed by atoms with Crippen molar-refractivity contribution in [3.8, 4) is 0 Å². The summed E-state index contributed by atoms with van der Waals surface area (Å²) >= 11 is 0. The number of rotatable bonds is 6. The number of nitrogens with one attached hydrogen (secondary N) is 2. The molecular weight excluding hydrogens is 393 g/mol. The summed E-state index contributed by atoms with van der Waals surface area (Å²) in [6.07, 6.45) is 4.97. The fourth-order valence-corrected chi connectivity index (χ4v) is 3.53. The van der Waals surface area contributed by atoms with Gasteiger partial charge in [0.1, 0.15) is 5.82 Å². The van der Waals surface area contributed by atoms with Crippen molar-refractivity contribution < 1.29 is 14.0 Å². The van der Waals surface area contributed by atoms with Crippen molar-refractivity contribution in [2.24, 2.45) is 11.7 Å².